The van der Waals surface area contributed by atoms with Gasteiger partial charge in [0.2, 0.25) is 10.9 Å². The number of anilines is 1. The summed E-state index contributed by atoms with van der Waals surface area (Å²) in [7, 11) is 4.63. The Hall–Kier alpha value is -4.09. The lowest BCUT2D eigenvalue weighted by atomic mass is 10.2. The van der Waals surface area contributed by atoms with Crippen LogP contribution in [0.1, 0.15) is 5.56 Å². The number of carbonyl (C=O) groups is 1. The number of imidazole rings is 1. The highest BCUT2D eigenvalue weighted by Crippen LogP contribution is 2.37. The summed E-state index contributed by atoms with van der Waals surface area (Å²) in [4.78, 5) is 17.1. The minimum Gasteiger partial charge on any atom is -0.496 e. The van der Waals surface area contributed by atoms with Gasteiger partial charge in [-0.25, -0.2) is 9.50 Å². The monoisotopic (exact) mass is 494 g/mol. The van der Waals surface area contributed by atoms with Crippen molar-refractivity contribution in [1.82, 2.24) is 14.6 Å². The number of nitrogens with zero attached hydrogens (tertiary/aromatic N) is 3. The van der Waals surface area contributed by atoms with Gasteiger partial charge in [-0.15, -0.1) is 5.10 Å². The van der Waals surface area contributed by atoms with Crippen LogP contribution in [0.2, 0.25) is 0 Å². The number of hydrogen-bond acceptors (Lipinski definition) is 9. The second kappa shape index (κ2) is 9.65. The summed E-state index contributed by atoms with van der Waals surface area (Å²) in [5.74, 6) is 1.56. The van der Waals surface area contributed by atoms with Crippen LogP contribution in [0, 0.1) is 0 Å². The molecule has 0 bridgehead atoms. The molecule has 0 radical (unpaired) electrons. The van der Waals surface area contributed by atoms with Gasteiger partial charge in [-0.3, -0.25) is 4.79 Å². The van der Waals surface area contributed by atoms with Crippen LogP contribution in [0.15, 0.2) is 53.1 Å². The predicted octanol–water partition coefficient (Wildman–Crippen LogP) is 4.39. The van der Waals surface area contributed by atoms with Gasteiger partial charge in [0.25, 0.3) is 5.19 Å². The van der Waals surface area contributed by atoms with Crippen LogP contribution in [0.5, 0.6) is 16.7 Å². The summed E-state index contributed by atoms with van der Waals surface area (Å²) < 4.78 is 29.3. The van der Waals surface area contributed by atoms with Crippen LogP contribution in [-0.4, -0.2) is 48.4 Å². The number of nitrogens with one attached hydrogen (secondary N) is 1. The Balaban J connectivity index is 1.41. The third kappa shape index (κ3) is 4.77. The molecule has 0 aliphatic rings. The van der Waals surface area contributed by atoms with Gasteiger partial charge in [-0.1, -0.05) is 12.1 Å². The second-order valence-corrected chi connectivity index (χ2v) is 8.46. The van der Waals surface area contributed by atoms with Crippen molar-refractivity contribution in [2.45, 2.75) is 6.61 Å². The van der Waals surface area contributed by atoms with Gasteiger partial charge < -0.3 is 28.7 Å². The highest BCUT2D eigenvalue weighted by atomic mass is 32.1. The van der Waals surface area contributed by atoms with E-state index < -0.39 is 0 Å². The van der Waals surface area contributed by atoms with Gasteiger partial charge >= 0.3 is 0 Å². The largest absolute Gasteiger partial charge is 0.496 e. The molecule has 0 aliphatic carbocycles. The maximum Gasteiger partial charge on any atom is 0.294 e. The molecule has 5 aromatic rings. The third-order valence-corrected chi connectivity index (χ3v) is 6.02. The standard InChI is InChI=1S/C24H22N4O6S/c1-30-13-22(29)25-15-6-4-5-14(7-15)12-33-19-8-16(31-2)9-20-17(19)10-21(34-20)18-11-28-23(26-18)35-24(27-28)32-3/h4-11H,12-13H2,1-3H3,(H,25,29). The van der Waals surface area contributed by atoms with Crippen LogP contribution in [0.25, 0.3) is 27.4 Å². The van der Waals surface area contributed by atoms with E-state index in [0.29, 0.717) is 44.4 Å². The molecule has 0 saturated heterocycles. The van der Waals surface area contributed by atoms with Crippen LogP contribution in [0.4, 0.5) is 5.69 Å². The molecule has 3 heterocycles. The molecule has 0 fully saturated rings. The quantitative estimate of drug-likeness (QED) is 0.321. The summed E-state index contributed by atoms with van der Waals surface area (Å²) in [5, 5.41) is 8.41. The lowest BCUT2D eigenvalue weighted by Crippen LogP contribution is -2.17. The number of amides is 1. The fraction of sp³-hybridized carbons (Fsp3) is 0.208. The van der Waals surface area contributed by atoms with Crippen molar-refractivity contribution >= 4 is 38.9 Å². The summed E-state index contributed by atoms with van der Waals surface area (Å²) >= 11 is 1.34. The van der Waals surface area contributed by atoms with E-state index in [1.54, 1.807) is 31.0 Å². The molecule has 0 atom stereocenters. The molecule has 11 heteroatoms. The molecule has 0 unspecified atom stereocenters. The number of ether oxygens (including phenoxy) is 4. The Labute approximate surface area is 204 Å². The molecule has 2 aromatic carbocycles. The van der Waals surface area contributed by atoms with Crippen LogP contribution < -0.4 is 19.5 Å². The number of aromatic nitrogens is 3. The van der Waals surface area contributed by atoms with Gasteiger partial charge in [0, 0.05) is 24.9 Å². The van der Waals surface area contributed by atoms with Gasteiger partial charge in [-0.05, 0) is 35.1 Å². The van der Waals surface area contributed by atoms with Crippen LogP contribution in [-0.2, 0) is 16.1 Å². The zero-order valence-corrected chi connectivity index (χ0v) is 20.0. The van der Waals surface area contributed by atoms with E-state index >= 15 is 0 Å². The van der Waals surface area contributed by atoms with E-state index in [1.807, 2.05) is 36.4 Å². The Morgan fingerprint density at radius 3 is 2.80 bits per heavy atom. The lowest BCUT2D eigenvalue weighted by molar-refractivity contribution is -0.119. The molecule has 0 spiro atoms. The number of carbonyl (C=O) groups excluding carboxylic acids is 1. The summed E-state index contributed by atoms with van der Waals surface area (Å²) in [6, 6.07) is 12.9. The zero-order chi connectivity index (χ0) is 24.4. The predicted molar refractivity (Wildman–Crippen MR) is 130 cm³/mol. The third-order valence-electron chi connectivity index (χ3n) is 5.14. The Kier molecular flexibility index (Phi) is 6.25. The van der Waals surface area contributed by atoms with Crippen LogP contribution in [0.3, 0.4) is 0 Å². The molecule has 0 saturated carbocycles. The van der Waals surface area contributed by atoms with Gasteiger partial charge in [0.05, 0.1) is 25.8 Å². The molecule has 3 aromatic heterocycles. The average molecular weight is 495 g/mol. The topological polar surface area (TPSA) is 109 Å². The number of hydrogen-bond donors (Lipinski definition) is 1. The van der Waals surface area contributed by atoms with Crippen molar-refractivity contribution in [1.29, 1.82) is 0 Å². The first-order valence-corrected chi connectivity index (χ1v) is 11.4. The molecule has 5 rings (SSSR count). The lowest BCUT2D eigenvalue weighted by Gasteiger charge is -2.11. The smallest absolute Gasteiger partial charge is 0.294 e. The van der Waals surface area contributed by atoms with E-state index in [-0.39, 0.29) is 19.1 Å². The molecule has 1 N–H and O–H groups in total. The first kappa shape index (κ1) is 22.7. The van der Waals surface area contributed by atoms with Gasteiger partial charge in [-0.2, -0.15) is 0 Å². The maximum atomic E-state index is 11.8. The van der Waals surface area contributed by atoms with Crippen molar-refractivity contribution in [3.63, 3.8) is 0 Å². The first-order valence-electron chi connectivity index (χ1n) is 10.6. The molecular formula is C24H22N4O6S. The number of furan rings is 1. The number of benzene rings is 2. The van der Waals surface area contributed by atoms with E-state index in [4.69, 9.17) is 23.4 Å². The van der Waals surface area contributed by atoms with E-state index in [0.717, 1.165) is 10.9 Å². The van der Waals surface area contributed by atoms with Crippen molar-refractivity contribution < 1.29 is 28.2 Å². The molecule has 35 heavy (non-hydrogen) atoms. The normalized spacial score (nSPS) is 11.2. The van der Waals surface area contributed by atoms with Gasteiger partial charge in [0.1, 0.15) is 36.0 Å². The van der Waals surface area contributed by atoms with Crippen molar-refractivity contribution in [2.75, 3.05) is 33.3 Å². The Bertz CT molecular complexity index is 1470. The van der Waals surface area contributed by atoms with E-state index in [2.05, 4.69) is 15.4 Å². The molecular weight excluding hydrogens is 472 g/mol. The highest BCUT2D eigenvalue weighted by molar-refractivity contribution is 7.18. The molecule has 180 valence electrons. The molecule has 0 aliphatic heterocycles. The summed E-state index contributed by atoms with van der Waals surface area (Å²) in [6.45, 7) is 0.268. The second-order valence-electron chi connectivity index (χ2n) is 7.54. The summed E-state index contributed by atoms with van der Waals surface area (Å²) in [6.07, 6.45) is 1.78. The number of fused-ring (bicyclic) bond motifs is 2. The Morgan fingerprint density at radius 2 is 2.03 bits per heavy atom. The zero-order valence-electron chi connectivity index (χ0n) is 19.2. The van der Waals surface area contributed by atoms with Crippen molar-refractivity contribution in [3.8, 4) is 28.1 Å². The highest BCUT2D eigenvalue weighted by Gasteiger charge is 2.17. The fourth-order valence-corrected chi connectivity index (χ4v) is 4.26. The van der Waals surface area contributed by atoms with Crippen molar-refractivity contribution in [2.24, 2.45) is 0 Å². The molecule has 10 nitrogen and oxygen atoms in total. The van der Waals surface area contributed by atoms with Crippen molar-refractivity contribution in [3.05, 3.63) is 54.2 Å². The van der Waals surface area contributed by atoms with E-state index in [1.165, 1.54) is 18.4 Å². The molecule has 1 amide bonds. The van der Waals surface area contributed by atoms with E-state index in [9.17, 15) is 4.79 Å². The average Bonchev–Trinajstić information content (AvgIpc) is 3.55. The van der Waals surface area contributed by atoms with Gasteiger partial charge in [0.15, 0.2) is 5.76 Å². The summed E-state index contributed by atoms with van der Waals surface area (Å²) in [5.41, 5.74) is 2.80. The Morgan fingerprint density at radius 1 is 1.14 bits per heavy atom. The minimum atomic E-state index is -0.223. The minimum absolute atomic E-state index is 0.0103. The first-order chi connectivity index (χ1) is 17.1. The fourth-order valence-electron chi connectivity index (χ4n) is 3.56. The SMILES string of the molecule is COCC(=O)Nc1cccc(COc2cc(OC)cc3oc(-c4cn5nc(OC)sc5n4)cc23)c1. The van der Waals surface area contributed by atoms with Crippen LogP contribution >= 0.6 is 11.3 Å². The number of methoxy groups -OCH3 is 3. The number of rotatable bonds is 9. The maximum absolute atomic E-state index is 11.8.